The molecule has 128 valence electrons. The minimum absolute atomic E-state index is 0.105. The number of carbonyl (C=O) groups excluding carboxylic acids is 2. The highest BCUT2D eigenvalue weighted by molar-refractivity contribution is 7.99. The van der Waals surface area contributed by atoms with Crippen LogP contribution in [0, 0.1) is 18.2 Å². The maximum absolute atomic E-state index is 12.9. The molecule has 0 unspecified atom stereocenters. The zero-order chi connectivity index (χ0) is 18.4. The molecule has 2 amide bonds. The number of halogens is 1. The van der Waals surface area contributed by atoms with Gasteiger partial charge in [0.2, 0.25) is 5.91 Å². The van der Waals surface area contributed by atoms with Gasteiger partial charge in [-0.25, -0.2) is 9.37 Å². The molecule has 0 aliphatic heterocycles. The maximum Gasteiger partial charge on any atom is 0.277 e. The maximum atomic E-state index is 12.9. The molecule has 25 heavy (non-hydrogen) atoms. The lowest BCUT2D eigenvalue weighted by molar-refractivity contribution is -0.114. The highest BCUT2D eigenvalue weighted by atomic mass is 32.2. The van der Waals surface area contributed by atoms with E-state index in [1.54, 1.807) is 0 Å². The van der Waals surface area contributed by atoms with E-state index >= 15 is 0 Å². The number of nitrogens with one attached hydrogen (secondary N) is 3. The minimum Gasteiger partial charge on any atom is -0.314 e. The number of amides is 2. The van der Waals surface area contributed by atoms with E-state index in [0.717, 1.165) is 23.9 Å². The zero-order valence-corrected chi connectivity index (χ0v) is 13.9. The number of hydrogen-bond donors (Lipinski definition) is 3. The van der Waals surface area contributed by atoms with E-state index in [9.17, 15) is 18.8 Å². The lowest BCUT2D eigenvalue weighted by Crippen LogP contribution is -2.24. The normalized spacial score (nSPS) is 9.96. The summed E-state index contributed by atoms with van der Waals surface area (Å²) in [5.74, 6) is 0.929. The average Bonchev–Trinajstić information content (AvgIpc) is 2.56. The molecule has 1 aromatic heterocycles. The number of nitrogens with zero attached hydrogens (tertiary/aromatic N) is 1. The first-order chi connectivity index (χ1) is 11.9. The second kappa shape index (κ2) is 8.12. The SMILES string of the molecule is C#CCSc1nc(NC(C)=O)c(NC(=O)c2ccc(F)cc2)c(=O)[nH]1. The lowest BCUT2D eigenvalue weighted by atomic mass is 10.2. The van der Waals surface area contributed by atoms with Gasteiger partial charge in [0.05, 0.1) is 5.75 Å². The number of anilines is 2. The van der Waals surface area contributed by atoms with E-state index in [4.69, 9.17) is 6.42 Å². The van der Waals surface area contributed by atoms with E-state index in [0.29, 0.717) is 0 Å². The molecular formula is C16H13FN4O3S. The molecule has 1 heterocycles. The minimum atomic E-state index is -0.659. The van der Waals surface area contributed by atoms with Crippen molar-refractivity contribution in [2.75, 3.05) is 16.4 Å². The number of terminal acetylenes is 1. The molecule has 2 aromatic rings. The molecule has 0 saturated heterocycles. The predicted molar refractivity (Wildman–Crippen MR) is 93.1 cm³/mol. The van der Waals surface area contributed by atoms with Gasteiger partial charge >= 0.3 is 0 Å². The van der Waals surface area contributed by atoms with Gasteiger partial charge in [0.15, 0.2) is 16.7 Å². The zero-order valence-electron chi connectivity index (χ0n) is 13.1. The number of rotatable bonds is 5. The van der Waals surface area contributed by atoms with E-state index in [1.807, 2.05) is 0 Å². The summed E-state index contributed by atoms with van der Waals surface area (Å²) >= 11 is 1.09. The summed E-state index contributed by atoms with van der Waals surface area (Å²) in [5, 5.41) is 4.96. The molecule has 9 heteroatoms. The van der Waals surface area contributed by atoms with Crippen LogP contribution in [-0.2, 0) is 4.79 Å². The molecule has 0 aliphatic rings. The van der Waals surface area contributed by atoms with Crippen LogP contribution >= 0.6 is 11.8 Å². The standard InChI is InChI=1S/C16H13FN4O3S/c1-3-8-25-16-20-13(18-9(2)22)12(15(24)21-16)19-14(23)10-4-6-11(17)7-5-10/h1,4-7H,8H2,2H3,(H,19,23)(H2,18,20,21,22,24). The van der Waals surface area contributed by atoms with E-state index in [-0.39, 0.29) is 28.0 Å². The summed E-state index contributed by atoms with van der Waals surface area (Å²) < 4.78 is 12.9. The average molecular weight is 360 g/mol. The highest BCUT2D eigenvalue weighted by Crippen LogP contribution is 2.19. The van der Waals surface area contributed by atoms with E-state index in [2.05, 4.69) is 26.5 Å². The number of aromatic amines is 1. The Morgan fingerprint density at radius 1 is 1.32 bits per heavy atom. The van der Waals surface area contributed by atoms with Crippen molar-refractivity contribution in [1.29, 1.82) is 0 Å². The fourth-order valence-corrected chi connectivity index (χ4v) is 2.33. The van der Waals surface area contributed by atoms with Crippen LogP contribution < -0.4 is 16.2 Å². The Bertz CT molecular complexity index is 903. The van der Waals surface area contributed by atoms with Gasteiger partial charge < -0.3 is 10.6 Å². The Hall–Kier alpha value is -3.12. The van der Waals surface area contributed by atoms with Crippen LogP contribution in [-0.4, -0.2) is 27.5 Å². The summed E-state index contributed by atoms with van der Waals surface area (Å²) in [7, 11) is 0. The Balaban J connectivity index is 2.36. The van der Waals surface area contributed by atoms with Crippen molar-refractivity contribution >= 4 is 35.1 Å². The summed E-state index contributed by atoms with van der Waals surface area (Å²) in [6, 6.07) is 4.76. The van der Waals surface area contributed by atoms with E-state index < -0.39 is 23.2 Å². The summed E-state index contributed by atoms with van der Waals surface area (Å²) in [6.07, 6.45) is 5.16. The van der Waals surface area contributed by atoms with Crippen LogP contribution in [0.5, 0.6) is 0 Å². The Morgan fingerprint density at radius 2 is 2.00 bits per heavy atom. The number of H-pyrrole nitrogens is 1. The van der Waals surface area contributed by atoms with Gasteiger partial charge in [-0.05, 0) is 24.3 Å². The Labute approximate surface area is 146 Å². The Morgan fingerprint density at radius 3 is 2.60 bits per heavy atom. The van der Waals surface area contributed by atoms with Crippen LogP contribution in [0.3, 0.4) is 0 Å². The molecule has 1 aromatic carbocycles. The van der Waals surface area contributed by atoms with Crippen molar-refractivity contribution in [3.63, 3.8) is 0 Å². The Kier molecular flexibility index (Phi) is 5.92. The first-order valence-electron chi connectivity index (χ1n) is 6.95. The third-order valence-electron chi connectivity index (χ3n) is 2.83. The van der Waals surface area contributed by atoms with Crippen LogP contribution in [0.2, 0.25) is 0 Å². The molecule has 3 N–H and O–H groups in total. The van der Waals surface area contributed by atoms with Crippen molar-refractivity contribution in [3.8, 4) is 12.3 Å². The van der Waals surface area contributed by atoms with Crippen LogP contribution in [0.1, 0.15) is 17.3 Å². The van der Waals surface area contributed by atoms with Gasteiger partial charge in [-0.1, -0.05) is 17.7 Å². The van der Waals surface area contributed by atoms with Gasteiger partial charge in [0.25, 0.3) is 11.5 Å². The molecular weight excluding hydrogens is 347 g/mol. The second-order valence-corrected chi connectivity index (χ2v) is 5.69. The van der Waals surface area contributed by atoms with Crippen molar-refractivity contribution in [3.05, 3.63) is 46.0 Å². The monoisotopic (exact) mass is 360 g/mol. The van der Waals surface area contributed by atoms with Gasteiger partial charge in [0.1, 0.15) is 5.82 Å². The first kappa shape index (κ1) is 18.2. The second-order valence-electron chi connectivity index (χ2n) is 4.73. The smallest absolute Gasteiger partial charge is 0.277 e. The molecule has 7 nitrogen and oxygen atoms in total. The molecule has 0 fully saturated rings. The van der Waals surface area contributed by atoms with Crippen LogP contribution in [0.25, 0.3) is 0 Å². The summed E-state index contributed by atoms with van der Waals surface area (Å²) in [6.45, 7) is 1.24. The van der Waals surface area contributed by atoms with Crippen molar-refractivity contribution in [2.24, 2.45) is 0 Å². The van der Waals surface area contributed by atoms with Gasteiger partial charge in [-0.2, -0.15) is 0 Å². The topological polar surface area (TPSA) is 104 Å². The molecule has 0 radical (unpaired) electrons. The molecule has 0 atom stereocenters. The number of aromatic nitrogens is 2. The number of hydrogen-bond acceptors (Lipinski definition) is 5. The highest BCUT2D eigenvalue weighted by Gasteiger charge is 2.16. The third-order valence-corrected chi connectivity index (χ3v) is 3.61. The molecule has 0 spiro atoms. The fourth-order valence-electron chi connectivity index (χ4n) is 1.79. The first-order valence-corrected chi connectivity index (χ1v) is 7.94. The summed E-state index contributed by atoms with van der Waals surface area (Å²) in [5.41, 5.74) is -0.747. The van der Waals surface area contributed by atoms with Crippen molar-refractivity contribution in [1.82, 2.24) is 9.97 Å². The predicted octanol–water partition coefficient (Wildman–Crippen LogP) is 1.84. The van der Waals surface area contributed by atoms with Crippen molar-refractivity contribution < 1.29 is 14.0 Å². The molecule has 0 saturated carbocycles. The van der Waals surface area contributed by atoms with Gasteiger partial charge in [-0.3, -0.25) is 19.4 Å². The van der Waals surface area contributed by atoms with Gasteiger partial charge in [0, 0.05) is 12.5 Å². The lowest BCUT2D eigenvalue weighted by Gasteiger charge is -2.11. The largest absolute Gasteiger partial charge is 0.314 e. The van der Waals surface area contributed by atoms with Crippen LogP contribution in [0.4, 0.5) is 15.9 Å². The molecule has 0 bridgehead atoms. The number of carbonyl (C=O) groups is 2. The van der Waals surface area contributed by atoms with Gasteiger partial charge in [-0.15, -0.1) is 6.42 Å². The van der Waals surface area contributed by atoms with E-state index in [1.165, 1.54) is 19.1 Å². The summed E-state index contributed by atoms with van der Waals surface area (Å²) in [4.78, 5) is 42.3. The molecule has 0 aliphatic carbocycles. The fraction of sp³-hybridized carbons (Fsp3) is 0.125. The van der Waals surface area contributed by atoms with Crippen molar-refractivity contribution in [2.45, 2.75) is 12.1 Å². The number of thioether (sulfide) groups is 1. The molecule has 2 rings (SSSR count). The third kappa shape index (κ3) is 4.92. The quantitative estimate of drug-likeness (QED) is 0.429. The number of benzene rings is 1. The van der Waals surface area contributed by atoms with Crippen LogP contribution in [0.15, 0.2) is 34.2 Å².